The molecule has 0 unspecified atom stereocenters. The normalized spacial score (nSPS) is 10.7. The molecule has 1 amide bonds. The fourth-order valence-corrected chi connectivity index (χ4v) is 1.03. The number of carboxylic acid groups (broad SMARTS) is 1. The quantitative estimate of drug-likeness (QED) is 0.347. The summed E-state index contributed by atoms with van der Waals surface area (Å²) in [5, 5.41) is 11.0. The monoisotopic (exact) mass is 255 g/mol. The Balaban J connectivity index is 4.27. The summed E-state index contributed by atoms with van der Waals surface area (Å²) in [5.41, 5.74) is 0. The van der Waals surface area contributed by atoms with Gasteiger partial charge >= 0.3 is 18.3 Å². The Bertz CT molecular complexity index is 385. The summed E-state index contributed by atoms with van der Waals surface area (Å²) in [6.45, 7) is 6.42. The van der Waals surface area contributed by atoms with Gasteiger partial charge in [0.05, 0.1) is 0 Å². The van der Waals surface area contributed by atoms with Crippen molar-refractivity contribution in [2.24, 2.45) is 0 Å². The molecule has 7 nitrogen and oxygen atoms in total. The molecule has 0 saturated heterocycles. The van der Waals surface area contributed by atoms with E-state index in [0.717, 1.165) is 6.21 Å². The lowest BCUT2D eigenvalue weighted by molar-refractivity contribution is -0.139. The molecule has 0 aromatic carbocycles. The van der Waals surface area contributed by atoms with E-state index in [-0.39, 0.29) is 25.2 Å². The molecule has 18 heavy (non-hydrogen) atoms. The second kappa shape index (κ2) is 8.72. The molecule has 0 bridgehead atoms. The van der Waals surface area contributed by atoms with Crippen LogP contribution in [-0.4, -0.2) is 48.5 Å². The van der Waals surface area contributed by atoms with Gasteiger partial charge in [0.15, 0.2) is 0 Å². The average Bonchev–Trinajstić information content (AvgIpc) is 2.31. The second-order valence-corrected chi connectivity index (χ2v) is 3.24. The number of amides is 1. The molecule has 0 rings (SSSR count). The highest BCUT2D eigenvalue weighted by Gasteiger charge is 2.21. The lowest BCUT2D eigenvalue weighted by Crippen LogP contribution is -2.41. The minimum atomic E-state index is -1.25. The zero-order valence-electron chi connectivity index (χ0n) is 9.80. The van der Waals surface area contributed by atoms with Crippen LogP contribution >= 0.6 is 0 Å². The van der Waals surface area contributed by atoms with Crippen LogP contribution in [0.25, 0.3) is 0 Å². The van der Waals surface area contributed by atoms with Crippen LogP contribution in [0.1, 0.15) is 12.8 Å². The van der Waals surface area contributed by atoms with Crippen LogP contribution in [0.5, 0.6) is 0 Å². The van der Waals surface area contributed by atoms with Gasteiger partial charge < -0.3 is 15.2 Å². The Kier molecular flexibility index (Phi) is 7.56. The van der Waals surface area contributed by atoms with Crippen LogP contribution < -0.4 is 9.98 Å². The molecule has 0 aromatic rings. The van der Waals surface area contributed by atoms with E-state index in [0.29, 0.717) is 0 Å². The SMILES string of the molecule is C=CCOC(=O)N[C@@H](CCC(=O)C=[N+]=C)C(=O)O. The number of rotatable bonds is 8. The number of carboxylic acids is 1. The fourth-order valence-electron chi connectivity index (χ4n) is 1.03. The van der Waals surface area contributed by atoms with Crippen LogP contribution in [0.3, 0.4) is 0 Å². The van der Waals surface area contributed by atoms with E-state index in [9.17, 15) is 14.4 Å². The van der Waals surface area contributed by atoms with Crippen molar-refractivity contribution < 1.29 is 24.2 Å². The number of ketones is 1. The lowest BCUT2D eigenvalue weighted by Gasteiger charge is -2.12. The molecule has 0 heterocycles. The van der Waals surface area contributed by atoms with Crippen molar-refractivity contribution in [1.29, 1.82) is 0 Å². The van der Waals surface area contributed by atoms with Crippen LogP contribution in [0, 0.1) is 0 Å². The minimum absolute atomic E-state index is 0.0226. The first-order chi connectivity index (χ1) is 8.51. The summed E-state index contributed by atoms with van der Waals surface area (Å²) in [6.07, 6.45) is 1.36. The number of carbonyl (C=O) groups excluding carboxylic acids is 2. The number of carbonyl (C=O) groups is 3. The molecule has 7 heteroatoms. The van der Waals surface area contributed by atoms with Gasteiger partial charge in [-0.05, 0) is 6.42 Å². The summed E-state index contributed by atoms with van der Waals surface area (Å²) < 4.78 is 7.84. The van der Waals surface area contributed by atoms with Crippen molar-refractivity contribution in [3.8, 4) is 0 Å². The molecule has 0 aliphatic carbocycles. The van der Waals surface area contributed by atoms with E-state index in [4.69, 9.17) is 5.11 Å². The zero-order chi connectivity index (χ0) is 14.0. The van der Waals surface area contributed by atoms with E-state index in [1.54, 1.807) is 0 Å². The Morgan fingerprint density at radius 3 is 2.61 bits per heavy atom. The average molecular weight is 255 g/mol. The first-order valence-electron chi connectivity index (χ1n) is 5.10. The minimum Gasteiger partial charge on any atom is -0.480 e. The predicted octanol–water partition coefficient (Wildman–Crippen LogP) is -0.460. The summed E-state index contributed by atoms with van der Waals surface area (Å²) in [5.74, 6) is -1.61. The molecule has 98 valence electrons. The smallest absolute Gasteiger partial charge is 0.408 e. The highest BCUT2D eigenvalue weighted by molar-refractivity contribution is 6.27. The third kappa shape index (κ3) is 6.97. The number of alkyl carbamates (subject to hydrolysis) is 1. The van der Waals surface area contributed by atoms with Crippen molar-refractivity contribution in [2.75, 3.05) is 6.61 Å². The van der Waals surface area contributed by atoms with Crippen molar-refractivity contribution in [2.45, 2.75) is 18.9 Å². The van der Waals surface area contributed by atoms with Crippen molar-refractivity contribution >= 4 is 30.8 Å². The summed E-state index contributed by atoms with van der Waals surface area (Å²) in [7, 11) is 0. The van der Waals surface area contributed by atoms with Crippen LogP contribution in [0.15, 0.2) is 12.7 Å². The van der Waals surface area contributed by atoms with Crippen LogP contribution in [-0.2, 0) is 14.3 Å². The van der Waals surface area contributed by atoms with Gasteiger partial charge in [-0.25, -0.2) is 9.59 Å². The van der Waals surface area contributed by atoms with Crippen molar-refractivity contribution in [3.63, 3.8) is 0 Å². The fraction of sp³-hybridized carbons (Fsp3) is 0.364. The van der Waals surface area contributed by atoms with E-state index in [1.165, 1.54) is 6.08 Å². The predicted molar refractivity (Wildman–Crippen MR) is 65.7 cm³/mol. The molecular weight excluding hydrogens is 240 g/mol. The number of Topliss-reactive ketones (excluding diaryl/α,β-unsaturated/α-hetero) is 1. The third-order valence-corrected chi connectivity index (χ3v) is 1.84. The summed E-state index contributed by atoms with van der Waals surface area (Å²) in [6, 6.07) is -1.19. The van der Waals surface area contributed by atoms with Gasteiger partial charge in [0.25, 0.3) is 6.72 Å². The summed E-state index contributed by atoms with van der Waals surface area (Å²) in [4.78, 5) is 33.0. The molecule has 0 aliphatic heterocycles. The standard InChI is InChI=1S/C11H14N2O5/c1-3-6-18-11(17)13-9(10(15)16)5-4-8(14)7-12-2/h3,7,9H,1-2,4-6H2,(H-,13,15,16,17)/p+1/t9-/m0/s1. The Hall–Kier alpha value is -2.40. The van der Waals surface area contributed by atoms with Gasteiger partial charge in [0.2, 0.25) is 5.78 Å². The number of hydrogen-bond acceptors (Lipinski definition) is 4. The Morgan fingerprint density at radius 1 is 1.44 bits per heavy atom. The summed E-state index contributed by atoms with van der Waals surface area (Å²) >= 11 is 0. The third-order valence-electron chi connectivity index (χ3n) is 1.84. The number of aliphatic carboxylic acids is 1. The maximum Gasteiger partial charge on any atom is 0.408 e. The van der Waals surface area contributed by atoms with Crippen LogP contribution in [0.2, 0.25) is 0 Å². The maximum absolute atomic E-state index is 11.1. The first kappa shape index (κ1) is 15.6. The number of ether oxygens (including phenoxy) is 1. The molecule has 0 aromatic heterocycles. The number of nitrogens with one attached hydrogen (secondary N) is 1. The van der Waals surface area contributed by atoms with E-state index >= 15 is 0 Å². The largest absolute Gasteiger partial charge is 0.480 e. The van der Waals surface area contributed by atoms with Gasteiger partial charge in [0, 0.05) is 6.42 Å². The molecule has 0 saturated carbocycles. The van der Waals surface area contributed by atoms with Crippen molar-refractivity contribution in [3.05, 3.63) is 12.7 Å². The van der Waals surface area contributed by atoms with E-state index < -0.39 is 18.1 Å². The van der Waals surface area contributed by atoms with Gasteiger partial charge in [-0.15, -0.1) is 4.67 Å². The molecule has 0 fully saturated rings. The van der Waals surface area contributed by atoms with Gasteiger partial charge in [0.1, 0.15) is 12.6 Å². The van der Waals surface area contributed by atoms with Crippen LogP contribution in [0.4, 0.5) is 4.79 Å². The molecule has 2 N–H and O–H groups in total. The first-order valence-corrected chi connectivity index (χ1v) is 5.10. The highest BCUT2D eigenvalue weighted by Crippen LogP contribution is 1.99. The number of hydrogen-bond donors (Lipinski definition) is 2. The molecule has 0 aliphatic rings. The van der Waals surface area contributed by atoms with E-state index in [2.05, 4.69) is 28.0 Å². The number of nitrogens with zero attached hydrogens (tertiary/aromatic N) is 1. The van der Waals surface area contributed by atoms with Gasteiger partial charge in [-0.3, -0.25) is 4.79 Å². The van der Waals surface area contributed by atoms with Crippen molar-refractivity contribution in [1.82, 2.24) is 9.98 Å². The molecular formula is C11H15N2O5+. The molecule has 0 radical (unpaired) electrons. The topological polar surface area (TPSA) is 107 Å². The lowest BCUT2D eigenvalue weighted by atomic mass is 10.1. The maximum atomic E-state index is 11.1. The van der Waals surface area contributed by atoms with E-state index in [1.807, 2.05) is 0 Å². The Morgan fingerprint density at radius 2 is 2.11 bits per heavy atom. The second-order valence-electron chi connectivity index (χ2n) is 3.24. The molecule has 1 atom stereocenters. The Labute approximate surface area is 104 Å². The van der Waals surface area contributed by atoms with Gasteiger partial charge in [-0.2, -0.15) is 0 Å². The highest BCUT2D eigenvalue weighted by atomic mass is 16.5. The van der Waals surface area contributed by atoms with Gasteiger partial charge in [-0.1, -0.05) is 12.7 Å². The molecule has 0 spiro atoms. The zero-order valence-corrected chi connectivity index (χ0v) is 9.80.